The molecule has 20 heavy (non-hydrogen) atoms. The predicted molar refractivity (Wildman–Crippen MR) is 85.2 cm³/mol. The van der Waals surface area contributed by atoms with E-state index in [0.717, 1.165) is 45.4 Å². The Kier molecular flexibility index (Phi) is 5.06. The molecule has 1 saturated heterocycles. The average molecular weight is 276 g/mol. The van der Waals surface area contributed by atoms with Gasteiger partial charge in [0.05, 0.1) is 5.60 Å². The smallest absolute Gasteiger partial charge is 0.0637 e. The summed E-state index contributed by atoms with van der Waals surface area (Å²) in [7, 11) is 0. The lowest BCUT2D eigenvalue weighted by atomic mass is 9.98. The number of nitrogens with one attached hydrogen (secondary N) is 1. The first-order valence-corrected chi connectivity index (χ1v) is 7.79. The van der Waals surface area contributed by atoms with Gasteiger partial charge in [-0.05, 0) is 62.9 Å². The van der Waals surface area contributed by atoms with Crippen LogP contribution in [-0.4, -0.2) is 30.3 Å². The van der Waals surface area contributed by atoms with Gasteiger partial charge in [-0.2, -0.15) is 0 Å². The van der Waals surface area contributed by atoms with Gasteiger partial charge in [0, 0.05) is 25.3 Å². The van der Waals surface area contributed by atoms with Gasteiger partial charge in [-0.1, -0.05) is 13.0 Å². The lowest BCUT2D eigenvalue weighted by Crippen LogP contribution is -2.28. The number of aryl methyl sites for hydroxylation is 1. The molecule has 0 spiro atoms. The van der Waals surface area contributed by atoms with Crippen molar-refractivity contribution in [1.82, 2.24) is 5.32 Å². The lowest BCUT2D eigenvalue weighted by molar-refractivity contribution is 0.0481. The van der Waals surface area contributed by atoms with Crippen molar-refractivity contribution in [1.29, 1.82) is 0 Å². The van der Waals surface area contributed by atoms with Crippen molar-refractivity contribution in [3.63, 3.8) is 0 Å². The van der Waals surface area contributed by atoms with Gasteiger partial charge in [-0.25, -0.2) is 0 Å². The van der Waals surface area contributed by atoms with Gasteiger partial charge in [0.1, 0.15) is 0 Å². The van der Waals surface area contributed by atoms with Gasteiger partial charge in [-0.3, -0.25) is 0 Å². The Hall–Kier alpha value is -1.06. The number of rotatable bonds is 4. The van der Waals surface area contributed by atoms with Crippen molar-refractivity contribution in [2.45, 2.75) is 52.2 Å². The molecular formula is C17H28N2O. The highest BCUT2D eigenvalue weighted by Crippen LogP contribution is 2.26. The van der Waals surface area contributed by atoms with Crippen molar-refractivity contribution in [2.24, 2.45) is 0 Å². The Morgan fingerprint density at radius 3 is 2.80 bits per heavy atom. The van der Waals surface area contributed by atoms with E-state index in [4.69, 9.17) is 0 Å². The van der Waals surface area contributed by atoms with Gasteiger partial charge < -0.3 is 15.3 Å². The van der Waals surface area contributed by atoms with Crippen LogP contribution in [0, 0.1) is 6.92 Å². The molecular weight excluding hydrogens is 248 g/mol. The molecule has 0 aromatic heterocycles. The molecule has 1 unspecified atom stereocenters. The minimum absolute atomic E-state index is 0.491. The third-order valence-corrected chi connectivity index (χ3v) is 4.32. The molecule has 3 nitrogen and oxygen atoms in total. The summed E-state index contributed by atoms with van der Waals surface area (Å²) in [6.45, 7) is 10.2. The maximum absolute atomic E-state index is 10.2. The predicted octanol–water partition coefficient (Wildman–Crippen LogP) is 2.85. The summed E-state index contributed by atoms with van der Waals surface area (Å²) in [5.74, 6) is 0. The van der Waals surface area contributed by atoms with Gasteiger partial charge in [0.2, 0.25) is 0 Å². The van der Waals surface area contributed by atoms with Crippen LogP contribution in [0.25, 0.3) is 0 Å². The maximum Gasteiger partial charge on any atom is 0.0637 e. The standard InChI is InChI=1S/C17H28N2O/c1-4-18-13-15-6-7-16(12-14(15)2)19-10-5-8-17(3,20)9-11-19/h6-7,12,18,20H,4-5,8-11,13H2,1-3H3. The fraction of sp³-hybridized carbons (Fsp3) is 0.647. The molecule has 0 aliphatic carbocycles. The molecule has 1 fully saturated rings. The summed E-state index contributed by atoms with van der Waals surface area (Å²) in [6, 6.07) is 6.74. The molecule has 1 aromatic carbocycles. The molecule has 0 radical (unpaired) electrons. The summed E-state index contributed by atoms with van der Waals surface area (Å²) in [5.41, 5.74) is 3.52. The quantitative estimate of drug-likeness (QED) is 0.887. The van der Waals surface area contributed by atoms with Crippen LogP contribution in [-0.2, 0) is 6.54 Å². The van der Waals surface area contributed by atoms with E-state index in [0.29, 0.717) is 0 Å². The first-order chi connectivity index (χ1) is 9.52. The largest absolute Gasteiger partial charge is 0.390 e. The van der Waals surface area contributed by atoms with Gasteiger partial charge in [0.25, 0.3) is 0 Å². The summed E-state index contributed by atoms with van der Waals surface area (Å²) in [6.07, 6.45) is 2.82. The van der Waals surface area contributed by atoms with E-state index in [-0.39, 0.29) is 0 Å². The van der Waals surface area contributed by atoms with Crippen LogP contribution >= 0.6 is 0 Å². The Labute approximate surface area is 123 Å². The highest BCUT2D eigenvalue weighted by Gasteiger charge is 2.25. The minimum atomic E-state index is -0.491. The molecule has 0 saturated carbocycles. The van der Waals surface area contributed by atoms with E-state index in [1.165, 1.54) is 16.8 Å². The second kappa shape index (κ2) is 6.59. The number of nitrogens with zero attached hydrogens (tertiary/aromatic N) is 1. The van der Waals surface area contributed by atoms with Crippen molar-refractivity contribution < 1.29 is 5.11 Å². The van der Waals surface area contributed by atoms with Crippen molar-refractivity contribution in [3.8, 4) is 0 Å². The fourth-order valence-corrected chi connectivity index (χ4v) is 2.86. The highest BCUT2D eigenvalue weighted by atomic mass is 16.3. The second-order valence-corrected chi connectivity index (χ2v) is 6.23. The molecule has 1 aliphatic rings. The van der Waals surface area contributed by atoms with E-state index >= 15 is 0 Å². The Morgan fingerprint density at radius 2 is 2.10 bits per heavy atom. The molecule has 3 heteroatoms. The zero-order valence-corrected chi connectivity index (χ0v) is 13.1. The van der Waals surface area contributed by atoms with Gasteiger partial charge in [-0.15, -0.1) is 0 Å². The molecule has 1 heterocycles. The van der Waals surface area contributed by atoms with Crippen molar-refractivity contribution >= 4 is 5.69 Å². The minimum Gasteiger partial charge on any atom is -0.390 e. The molecule has 1 aliphatic heterocycles. The van der Waals surface area contributed by atoms with E-state index in [2.05, 4.69) is 42.3 Å². The Morgan fingerprint density at radius 1 is 1.30 bits per heavy atom. The van der Waals surface area contributed by atoms with Crippen LogP contribution in [0.15, 0.2) is 18.2 Å². The van der Waals surface area contributed by atoms with Crippen LogP contribution in [0.3, 0.4) is 0 Å². The summed E-state index contributed by atoms with van der Waals surface area (Å²) < 4.78 is 0. The molecule has 2 rings (SSSR count). The zero-order valence-electron chi connectivity index (χ0n) is 13.1. The molecule has 2 N–H and O–H groups in total. The van der Waals surface area contributed by atoms with Crippen LogP contribution in [0.5, 0.6) is 0 Å². The normalized spacial score (nSPS) is 23.7. The van der Waals surface area contributed by atoms with Gasteiger partial charge >= 0.3 is 0 Å². The average Bonchev–Trinajstić information content (AvgIpc) is 2.58. The lowest BCUT2D eigenvalue weighted by Gasteiger charge is -2.25. The van der Waals surface area contributed by atoms with E-state index in [9.17, 15) is 5.11 Å². The first kappa shape index (κ1) is 15.3. The number of hydrogen-bond acceptors (Lipinski definition) is 3. The maximum atomic E-state index is 10.2. The highest BCUT2D eigenvalue weighted by molar-refractivity contribution is 5.51. The van der Waals surface area contributed by atoms with Crippen LogP contribution in [0.1, 0.15) is 44.2 Å². The monoisotopic (exact) mass is 276 g/mol. The van der Waals surface area contributed by atoms with E-state index in [1.807, 2.05) is 6.92 Å². The second-order valence-electron chi connectivity index (χ2n) is 6.23. The first-order valence-electron chi connectivity index (χ1n) is 7.79. The zero-order chi connectivity index (χ0) is 14.6. The van der Waals surface area contributed by atoms with E-state index < -0.39 is 5.60 Å². The number of aliphatic hydroxyl groups is 1. The van der Waals surface area contributed by atoms with Crippen LogP contribution in [0.4, 0.5) is 5.69 Å². The summed E-state index contributed by atoms with van der Waals surface area (Å²) in [4.78, 5) is 2.41. The summed E-state index contributed by atoms with van der Waals surface area (Å²) >= 11 is 0. The summed E-state index contributed by atoms with van der Waals surface area (Å²) in [5, 5.41) is 13.6. The SMILES string of the molecule is CCNCc1ccc(N2CCCC(C)(O)CC2)cc1C. The topological polar surface area (TPSA) is 35.5 Å². The number of benzene rings is 1. The van der Waals surface area contributed by atoms with E-state index in [1.54, 1.807) is 0 Å². The Bertz CT molecular complexity index is 443. The van der Waals surface area contributed by atoms with Gasteiger partial charge in [0.15, 0.2) is 0 Å². The Balaban J connectivity index is 2.07. The van der Waals surface area contributed by atoms with Crippen LogP contribution in [0.2, 0.25) is 0 Å². The number of anilines is 1. The third kappa shape index (κ3) is 3.97. The van der Waals surface area contributed by atoms with Crippen molar-refractivity contribution in [3.05, 3.63) is 29.3 Å². The molecule has 1 atom stereocenters. The van der Waals surface area contributed by atoms with Crippen LogP contribution < -0.4 is 10.2 Å². The molecule has 112 valence electrons. The molecule has 1 aromatic rings. The van der Waals surface area contributed by atoms with Crippen molar-refractivity contribution in [2.75, 3.05) is 24.5 Å². The number of hydrogen-bond donors (Lipinski definition) is 2. The fourth-order valence-electron chi connectivity index (χ4n) is 2.86. The third-order valence-electron chi connectivity index (χ3n) is 4.32. The molecule has 0 amide bonds. The molecule has 0 bridgehead atoms.